The van der Waals surface area contributed by atoms with Gasteiger partial charge in [-0.2, -0.15) is 0 Å². The lowest BCUT2D eigenvalue weighted by Crippen LogP contribution is -2.41. The van der Waals surface area contributed by atoms with Gasteiger partial charge in [0.2, 0.25) is 0 Å². The molecule has 0 amide bonds. The van der Waals surface area contributed by atoms with Gasteiger partial charge in [0.15, 0.2) is 0 Å². The molecule has 4 heteroatoms. The maximum Gasteiger partial charge on any atom is 0.100 e. The van der Waals surface area contributed by atoms with Crippen LogP contribution in [0.4, 0.5) is 0 Å². The van der Waals surface area contributed by atoms with E-state index in [2.05, 4.69) is 76.9 Å². The summed E-state index contributed by atoms with van der Waals surface area (Å²) in [7, 11) is 0. The number of nitrogens with zero attached hydrogens (tertiary/aromatic N) is 4. The minimum atomic E-state index is 0.260. The Labute approximate surface area is 203 Å². The van der Waals surface area contributed by atoms with Gasteiger partial charge in [0.05, 0.1) is 17.4 Å². The Morgan fingerprint density at radius 1 is 1.15 bits per heavy atom. The van der Waals surface area contributed by atoms with Gasteiger partial charge in [0.25, 0.3) is 0 Å². The molecule has 0 N–H and O–H groups in total. The van der Waals surface area contributed by atoms with Crippen LogP contribution in [0.5, 0.6) is 0 Å². The Balaban J connectivity index is 1.20. The van der Waals surface area contributed by atoms with Crippen LogP contribution in [0, 0.1) is 23.2 Å². The van der Waals surface area contributed by atoms with Crippen molar-refractivity contribution in [1.29, 1.82) is 0 Å². The highest BCUT2D eigenvalue weighted by atomic mass is 15.1. The number of benzene rings is 1. The Morgan fingerprint density at radius 2 is 2.06 bits per heavy atom. The second-order valence-electron chi connectivity index (χ2n) is 11.2. The van der Waals surface area contributed by atoms with Crippen molar-refractivity contribution in [3.63, 3.8) is 0 Å². The number of rotatable bonds is 7. The van der Waals surface area contributed by atoms with E-state index in [1.54, 1.807) is 5.57 Å². The summed E-state index contributed by atoms with van der Waals surface area (Å²) in [5, 5.41) is 0. The third-order valence-electron chi connectivity index (χ3n) is 9.38. The standard InChI is InChI=1S/C30H38N4/c1-3-4-7-24(33-17-16-31-20-33)19-22-10-11-25-23(18-22)14-15-30(2)26(25)12-13-29(30)34-21-32-27-8-5-6-9-28(27)34/h5-6,8-10,13,16-17,20-21,23-26H,3-4,7,11-12,14-15,18-19H2,1-2H3/t23?,24-,25?,26?,30-/m0/s1. The lowest BCUT2D eigenvalue weighted by molar-refractivity contribution is 0.0595. The van der Waals surface area contributed by atoms with Crippen LogP contribution in [0.3, 0.4) is 0 Å². The number of imidazole rings is 2. The molecule has 4 nitrogen and oxygen atoms in total. The molecule has 3 aromatic rings. The molecule has 6 rings (SSSR count). The molecule has 3 unspecified atom stereocenters. The van der Waals surface area contributed by atoms with Crippen LogP contribution in [0.1, 0.15) is 77.7 Å². The van der Waals surface area contributed by atoms with E-state index in [1.165, 1.54) is 69.0 Å². The largest absolute Gasteiger partial charge is 0.334 e. The summed E-state index contributed by atoms with van der Waals surface area (Å²) < 4.78 is 4.74. The SMILES string of the molecule is CCCC[C@@H](CC1=CCC2C(CC[C@]3(C)C(n4cnc5ccccc54)=CCC23)C1)n1ccnc1. The van der Waals surface area contributed by atoms with E-state index in [1.807, 2.05) is 12.5 Å². The van der Waals surface area contributed by atoms with Gasteiger partial charge < -0.3 is 9.13 Å². The van der Waals surface area contributed by atoms with Gasteiger partial charge in [0.1, 0.15) is 6.33 Å². The first-order valence-corrected chi connectivity index (χ1v) is 13.5. The summed E-state index contributed by atoms with van der Waals surface area (Å²) in [6.07, 6.45) is 24.8. The van der Waals surface area contributed by atoms with Gasteiger partial charge in [-0.3, -0.25) is 0 Å². The Bertz CT molecular complexity index is 1200. The van der Waals surface area contributed by atoms with Crippen LogP contribution in [0.2, 0.25) is 0 Å². The van der Waals surface area contributed by atoms with E-state index < -0.39 is 0 Å². The molecule has 2 aromatic heterocycles. The van der Waals surface area contributed by atoms with Crippen molar-refractivity contribution < 1.29 is 0 Å². The molecular formula is C30H38N4. The molecule has 34 heavy (non-hydrogen) atoms. The third kappa shape index (κ3) is 3.66. The number of hydrogen-bond donors (Lipinski definition) is 0. The van der Waals surface area contributed by atoms with Gasteiger partial charge in [0, 0.05) is 29.5 Å². The predicted molar refractivity (Wildman–Crippen MR) is 139 cm³/mol. The quantitative estimate of drug-likeness (QED) is 0.343. The lowest BCUT2D eigenvalue weighted by Gasteiger charge is -2.49. The van der Waals surface area contributed by atoms with Gasteiger partial charge in [-0.25, -0.2) is 9.97 Å². The van der Waals surface area contributed by atoms with Crippen molar-refractivity contribution >= 4 is 16.7 Å². The fourth-order valence-corrected chi connectivity index (χ4v) is 7.52. The summed E-state index contributed by atoms with van der Waals surface area (Å²) >= 11 is 0. The van der Waals surface area contributed by atoms with E-state index in [9.17, 15) is 0 Å². The average molecular weight is 455 g/mol. The van der Waals surface area contributed by atoms with Crippen molar-refractivity contribution in [1.82, 2.24) is 19.1 Å². The van der Waals surface area contributed by atoms with Crippen LogP contribution in [-0.4, -0.2) is 19.1 Å². The zero-order valence-electron chi connectivity index (χ0n) is 20.7. The molecule has 2 heterocycles. The van der Waals surface area contributed by atoms with E-state index in [0.29, 0.717) is 6.04 Å². The molecule has 178 valence electrons. The van der Waals surface area contributed by atoms with Gasteiger partial charge in [-0.1, -0.05) is 56.5 Å². The number of fused-ring (bicyclic) bond motifs is 4. The summed E-state index contributed by atoms with van der Waals surface area (Å²) in [5.41, 5.74) is 5.81. The van der Waals surface area contributed by atoms with Gasteiger partial charge in [-0.05, 0) is 74.8 Å². The first-order chi connectivity index (χ1) is 16.7. The molecule has 0 aliphatic heterocycles. The number of hydrogen-bond acceptors (Lipinski definition) is 2. The summed E-state index contributed by atoms with van der Waals surface area (Å²) in [6.45, 7) is 4.84. The first kappa shape index (κ1) is 21.9. The fraction of sp³-hybridized carbons (Fsp3) is 0.533. The van der Waals surface area contributed by atoms with Gasteiger partial charge >= 0.3 is 0 Å². The van der Waals surface area contributed by atoms with E-state index >= 15 is 0 Å². The first-order valence-electron chi connectivity index (χ1n) is 13.5. The van der Waals surface area contributed by atoms with Crippen molar-refractivity contribution in [3.8, 4) is 0 Å². The Morgan fingerprint density at radius 3 is 2.91 bits per heavy atom. The normalized spacial score (nSPS) is 29.4. The molecule has 0 saturated heterocycles. The van der Waals surface area contributed by atoms with Crippen LogP contribution in [0.25, 0.3) is 16.7 Å². The maximum absolute atomic E-state index is 4.70. The van der Waals surface area contributed by atoms with E-state index in [0.717, 1.165) is 23.3 Å². The Hall–Kier alpha value is -2.62. The highest BCUT2D eigenvalue weighted by Gasteiger charge is 2.51. The third-order valence-corrected chi connectivity index (χ3v) is 9.38. The minimum Gasteiger partial charge on any atom is -0.334 e. The van der Waals surface area contributed by atoms with Crippen LogP contribution < -0.4 is 0 Å². The van der Waals surface area contributed by atoms with Crippen LogP contribution >= 0.6 is 0 Å². The number of unbranched alkanes of at least 4 members (excludes halogenated alkanes) is 1. The molecule has 0 radical (unpaired) electrons. The zero-order valence-corrected chi connectivity index (χ0v) is 20.7. The maximum atomic E-state index is 4.70. The number of allylic oxidation sites excluding steroid dienone is 4. The van der Waals surface area contributed by atoms with E-state index in [-0.39, 0.29) is 5.41 Å². The van der Waals surface area contributed by atoms with Crippen LogP contribution in [-0.2, 0) is 0 Å². The summed E-state index contributed by atoms with van der Waals surface area (Å²) in [6, 6.07) is 9.13. The molecule has 3 aliphatic rings. The molecule has 0 spiro atoms. The molecule has 0 bridgehead atoms. The fourth-order valence-electron chi connectivity index (χ4n) is 7.52. The second kappa shape index (κ2) is 8.87. The average Bonchev–Trinajstić information content (AvgIpc) is 3.60. The van der Waals surface area contributed by atoms with E-state index in [4.69, 9.17) is 4.98 Å². The lowest BCUT2D eigenvalue weighted by atomic mass is 9.56. The summed E-state index contributed by atoms with van der Waals surface area (Å²) in [5.74, 6) is 2.41. The number of para-hydroxylation sites is 2. The monoisotopic (exact) mass is 454 g/mol. The highest BCUT2D eigenvalue weighted by molar-refractivity contribution is 5.80. The molecule has 1 saturated carbocycles. The van der Waals surface area contributed by atoms with Crippen LogP contribution in [0.15, 0.2) is 67.0 Å². The predicted octanol–water partition coefficient (Wildman–Crippen LogP) is 7.67. The molecule has 1 aromatic carbocycles. The Kier molecular flexibility index (Phi) is 5.71. The van der Waals surface area contributed by atoms with Crippen molar-refractivity contribution in [2.24, 2.45) is 23.2 Å². The molecule has 3 aliphatic carbocycles. The van der Waals surface area contributed by atoms with Crippen molar-refractivity contribution in [3.05, 3.63) is 67.0 Å². The number of aromatic nitrogens is 4. The molecule has 1 fully saturated rings. The molecule has 5 atom stereocenters. The van der Waals surface area contributed by atoms with Crippen molar-refractivity contribution in [2.75, 3.05) is 0 Å². The topological polar surface area (TPSA) is 35.6 Å². The van der Waals surface area contributed by atoms with Gasteiger partial charge in [-0.15, -0.1) is 0 Å². The minimum absolute atomic E-state index is 0.260. The summed E-state index contributed by atoms with van der Waals surface area (Å²) in [4.78, 5) is 9.03. The van der Waals surface area contributed by atoms with Crippen molar-refractivity contribution in [2.45, 2.75) is 77.7 Å². The zero-order chi connectivity index (χ0) is 23.1. The highest BCUT2D eigenvalue weighted by Crippen LogP contribution is 2.60. The smallest absolute Gasteiger partial charge is 0.100 e. The molecular weight excluding hydrogens is 416 g/mol. The second-order valence-corrected chi connectivity index (χ2v) is 11.2.